The number of rotatable bonds is 4. The van der Waals surface area contributed by atoms with E-state index in [2.05, 4.69) is 0 Å². The fourth-order valence-corrected chi connectivity index (χ4v) is 1.86. The number of aliphatic hydroxyl groups excluding tert-OH is 1. The number of esters is 2. The predicted octanol–water partition coefficient (Wildman–Crippen LogP) is 2.63. The number of carbonyl (C=O) groups is 2. The van der Waals surface area contributed by atoms with Crippen LogP contribution in [-0.2, 0) is 11.4 Å². The Balaban J connectivity index is 2.22. The molecule has 0 aromatic heterocycles. The molecular formula is C17H16O5. The van der Waals surface area contributed by atoms with Gasteiger partial charge in [-0.05, 0) is 42.3 Å². The summed E-state index contributed by atoms with van der Waals surface area (Å²) in [5, 5.41) is 8.98. The van der Waals surface area contributed by atoms with Crippen LogP contribution in [0.15, 0.2) is 42.5 Å². The zero-order valence-electron chi connectivity index (χ0n) is 12.3. The van der Waals surface area contributed by atoms with E-state index in [1.165, 1.54) is 6.92 Å². The standard InChI is InChI=1S/C17H16O5/c1-11-3-8-15(16(9-11)21-12(2)19)17(20)22-14-6-4-13(10-18)5-7-14/h3-9,18H,10H2,1-2H3. The number of ether oxygens (including phenoxy) is 2. The van der Waals surface area contributed by atoms with Crippen molar-refractivity contribution >= 4 is 11.9 Å². The van der Waals surface area contributed by atoms with E-state index in [0.29, 0.717) is 5.75 Å². The van der Waals surface area contributed by atoms with E-state index < -0.39 is 11.9 Å². The minimum absolute atomic E-state index is 0.0806. The minimum Gasteiger partial charge on any atom is -0.426 e. The van der Waals surface area contributed by atoms with Crippen LogP contribution >= 0.6 is 0 Å². The maximum atomic E-state index is 12.2. The van der Waals surface area contributed by atoms with E-state index in [1.54, 1.807) is 42.5 Å². The molecule has 2 aromatic rings. The number of aliphatic hydroxyl groups is 1. The summed E-state index contributed by atoms with van der Waals surface area (Å²) in [5.74, 6) is -0.610. The fourth-order valence-electron chi connectivity index (χ4n) is 1.86. The van der Waals surface area contributed by atoms with Crippen molar-refractivity contribution in [3.63, 3.8) is 0 Å². The summed E-state index contributed by atoms with van der Waals surface area (Å²) in [6, 6.07) is 11.4. The second-order valence-electron chi connectivity index (χ2n) is 4.78. The largest absolute Gasteiger partial charge is 0.426 e. The third-order valence-electron chi connectivity index (χ3n) is 2.93. The average Bonchev–Trinajstić information content (AvgIpc) is 2.47. The molecular weight excluding hydrogens is 284 g/mol. The van der Waals surface area contributed by atoms with Gasteiger partial charge in [0, 0.05) is 6.92 Å². The van der Waals surface area contributed by atoms with Crippen LogP contribution < -0.4 is 9.47 Å². The van der Waals surface area contributed by atoms with Crippen LogP contribution in [-0.4, -0.2) is 17.0 Å². The maximum absolute atomic E-state index is 12.2. The van der Waals surface area contributed by atoms with Crippen molar-refractivity contribution in [1.29, 1.82) is 0 Å². The number of carbonyl (C=O) groups excluding carboxylic acids is 2. The van der Waals surface area contributed by atoms with Gasteiger partial charge in [-0.1, -0.05) is 18.2 Å². The summed E-state index contributed by atoms with van der Waals surface area (Å²) >= 11 is 0. The zero-order valence-corrected chi connectivity index (χ0v) is 12.3. The normalized spacial score (nSPS) is 10.1. The fraction of sp³-hybridized carbons (Fsp3) is 0.176. The molecule has 114 valence electrons. The molecule has 0 bridgehead atoms. The Morgan fingerprint density at radius 2 is 1.73 bits per heavy atom. The second-order valence-corrected chi connectivity index (χ2v) is 4.78. The molecule has 0 atom stereocenters. The Hall–Kier alpha value is -2.66. The second kappa shape index (κ2) is 6.87. The SMILES string of the molecule is CC(=O)Oc1cc(C)ccc1C(=O)Oc1ccc(CO)cc1. The van der Waals surface area contributed by atoms with Crippen molar-refractivity contribution in [3.05, 3.63) is 59.2 Å². The molecule has 2 aromatic carbocycles. The molecule has 0 unspecified atom stereocenters. The molecule has 0 heterocycles. The molecule has 0 aliphatic carbocycles. The molecule has 0 aliphatic heterocycles. The van der Waals surface area contributed by atoms with Gasteiger partial charge in [0.25, 0.3) is 0 Å². The van der Waals surface area contributed by atoms with Gasteiger partial charge in [-0.25, -0.2) is 4.79 Å². The molecule has 0 aliphatic rings. The van der Waals surface area contributed by atoms with Gasteiger partial charge in [0.1, 0.15) is 17.1 Å². The number of aryl methyl sites for hydroxylation is 1. The van der Waals surface area contributed by atoms with Crippen LogP contribution in [0.3, 0.4) is 0 Å². The first kappa shape index (κ1) is 15.7. The third kappa shape index (κ3) is 3.93. The highest BCUT2D eigenvalue weighted by Gasteiger charge is 2.16. The van der Waals surface area contributed by atoms with Crippen molar-refractivity contribution in [2.45, 2.75) is 20.5 Å². The average molecular weight is 300 g/mol. The van der Waals surface area contributed by atoms with Gasteiger partial charge in [-0.2, -0.15) is 0 Å². The first-order valence-corrected chi connectivity index (χ1v) is 6.70. The van der Waals surface area contributed by atoms with Gasteiger partial charge >= 0.3 is 11.9 Å². The summed E-state index contributed by atoms with van der Waals surface area (Å²) in [6.07, 6.45) is 0. The Morgan fingerprint density at radius 1 is 1.05 bits per heavy atom. The summed E-state index contributed by atoms with van der Waals surface area (Å²) < 4.78 is 10.3. The zero-order chi connectivity index (χ0) is 16.1. The lowest BCUT2D eigenvalue weighted by atomic mass is 10.1. The van der Waals surface area contributed by atoms with E-state index in [1.807, 2.05) is 6.92 Å². The first-order chi connectivity index (χ1) is 10.5. The van der Waals surface area contributed by atoms with E-state index in [0.717, 1.165) is 11.1 Å². The predicted molar refractivity (Wildman–Crippen MR) is 79.8 cm³/mol. The third-order valence-corrected chi connectivity index (χ3v) is 2.93. The van der Waals surface area contributed by atoms with Gasteiger partial charge in [-0.3, -0.25) is 4.79 Å². The molecule has 0 saturated carbocycles. The minimum atomic E-state index is -0.618. The molecule has 1 N–H and O–H groups in total. The van der Waals surface area contributed by atoms with Gasteiger partial charge < -0.3 is 14.6 Å². The van der Waals surface area contributed by atoms with E-state index in [-0.39, 0.29) is 17.9 Å². The van der Waals surface area contributed by atoms with Gasteiger partial charge in [0.05, 0.1) is 6.61 Å². The van der Waals surface area contributed by atoms with Crippen molar-refractivity contribution < 1.29 is 24.2 Å². The summed E-state index contributed by atoms with van der Waals surface area (Å²) in [5.41, 5.74) is 1.75. The molecule has 5 heteroatoms. The molecule has 22 heavy (non-hydrogen) atoms. The smallest absolute Gasteiger partial charge is 0.347 e. The van der Waals surface area contributed by atoms with Crippen LogP contribution in [0.5, 0.6) is 11.5 Å². The van der Waals surface area contributed by atoms with E-state index in [4.69, 9.17) is 14.6 Å². The van der Waals surface area contributed by atoms with Crippen LogP contribution in [0.1, 0.15) is 28.4 Å². The summed E-state index contributed by atoms with van der Waals surface area (Å²) in [7, 11) is 0. The van der Waals surface area contributed by atoms with Crippen molar-refractivity contribution in [2.24, 2.45) is 0 Å². The molecule has 0 amide bonds. The lowest BCUT2D eigenvalue weighted by Crippen LogP contribution is -2.12. The number of benzene rings is 2. The van der Waals surface area contributed by atoms with E-state index in [9.17, 15) is 9.59 Å². The Bertz CT molecular complexity index is 689. The Kier molecular flexibility index (Phi) is 4.91. The van der Waals surface area contributed by atoms with Crippen LogP contribution in [0.25, 0.3) is 0 Å². The molecule has 0 saturated heterocycles. The highest BCUT2D eigenvalue weighted by molar-refractivity contribution is 5.94. The van der Waals surface area contributed by atoms with E-state index >= 15 is 0 Å². The quantitative estimate of drug-likeness (QED) is 0.694. The van der Waals surface area contributed by atoms with Crippen LogP contribution in [0.2, 0.25) is 0 Å². The lowest BCUT2D eigenvalue weighted by Gasteiger charge is -2.10. The maximum Gasteiger partial charge on any atom is 0.347 e. The van der Waals surface area contributed by atoms with Crippen molar-refractivity contribution in [1.82, 2.24) is 0 Å². The van der Waals surface area contributed by atoms with Crippen molar-refractivity contribution in [2.75, 3.05) is 0 Å². The molecule has 0 spiro atoms. The number of hydrogen-bond donors (Lipinski definition) is 1. The van der Waals surface area contributed by atoms with Crippen LogP contribution in [0, 0.1) is 6.92 Å². The van der Waals surface area contributed by atoms with Gasteiger partial charge in [-0.15, -0.1) is 0 Å². The highest BCUT2D eigenvalue weighted by atomic mass is 16.5. The van der Waals surface area contributed by atoms with Crippen molar-refractivity contribution in [3.8, 4) is 11.5 Å². The monoisotopic (exact) mass is 300 g/mol. The first-order valence-electron chi connectivity index (χ1n) is 6.70. The summed E-state index contributed by atoms with van der Waals surface area (Å²) in [6.45, 7) is 3.02. The highest BCUT2D eigenvalue weighted by Crippen LogP contribution is 2.23. The molecule has 0 radical (unpaired) electrons. The van der Waals surface area contributed by atoms with Gasteiger partial charge in [0.2, 0.25) is 0 Å². The van der Waals surface area contributed by atoms with Crippen LogP contribution in [0.4, 0.5) is 0 Å². The topological polar surface area (TPSA) is 72.8 Å². The Morgan fingerprint density at radius 3 is 2.32 bits per heavy atom. The molecule has 0 fully saturated rings. The Labute approximate surface area is 128 Å². The summed E-state index contributed by atoms with van der Waals surface area (Å²) in [4.78, 5) is 23.3. The molecule has 5 nitrogen and oxygen atoms in total. The number of hydrogen-bond acceptors (Lipinski definition) is 5. The lowest BCUT2D eigenvalue weighted by molar-refractivity contribution is -0.131. The molecule has 2 rings (SSSR count). The van der Waals surface area contributed by atoms with Gasteiger partial charge in [0.15, 0.2) is 0 Å².